The molecule has 0 aliphatic rings. The van der Waals surface area contributed by atoms with Crippen molar-refractivity contribution < 1.29 is 28.6 Å². The Morgan fingerprint density at radius 3 is 0.770 bits per heavy atom. The maximum absolute atomic E-state index is 12.8. The van der Waals surface area contributed by atoms with Crippen molar-refractivity contribution >= 4 is 17.9 Å². The van der Waals surface area contributed by atoms with Crippen LogP contribution in [-0.4, -0.2) is 37.2 Å². The van der Waals surface area contributed by atoms with Crippen molar-refractivity contribution in [2.75, 3.05) is 13.2 Å². The molecular weight excluding hydrogens is 913 g/mol. The Hall–Kier alpha value is -2.11. The second-order valence-corrected chi connectivity index (χ2v) is 22.7. The molecule has 0 fully saturated rings. The summed E-state index contributed by atoms with van der Waals surface area (Å²) in [4.78, 5) is 38.0. The van der Waals surface area contributed by atoms with Gasteiger partial charge >= 0.3 is 17.9 Å². The molecule has 1 unspecified atom stereocenters. The van der Waals surface area contributed by atoms with Crippen molar-refractivity contribution in [1.29, 1.82) is 0 Å². The summed E-state index contributed by atoms with van der Waals surface area (Å²) in [5.41, 5.74) is 0. The number of allylic oxidation sites excluding steroid dienone is 4. The summed E-state index contributed by atoms with van der Waals surface area (Å²) in [6.45, 7) is 6.63. The molecule has 0 N–H and O–H groups in total. The lowest BCUT2D eigenvalue weighted by molar-refractivity contribution is -0.167. The molecular formula is C68H128O6. The Morgan fingerprint density at radius 2 is 0.486 bits per heavy atom. The molecule has 0 aliphatic carbocycles. The van der Waals surface area contributed by atoms with E-state index >= 15 is 0 Å². The van der Waals surface area contributed by atoms with Crippen LogP contribution in [0.1, 0.15) is 374 Å². The molecule has 0 amide bonds. The summed E-state index contributed by atoms with van der Waals surface area (Å²) in [6, 6.07) is 0. The SMILES string of the molecule is CCCCC/C=C\C/C=C\CCCCCCCCCC(=O)OC(COC(=O)CCCCCCCCC)COC(=O)CCCCCCCCCCCCCCCCCCCCCCCCCCCCCCCCCC. The van der Waals surface area contributed by atoms with E-state index in [-0.39, 0.29) is 31.1 Å². The summed E-state index contributed by atoms with van der Waals surface area (Å²) in [5.74, 6) is -0.862. The van der Waals surface area contributed by atoms with Gasteiger partial charge in [0.15, 0.2) is 6.10 Å². The molecule has 0 aromatic carbocycles. The van der Waals surface area contributed by atoms with Crippen LogP contribution in [0.15, 0.2) is 24.3 Å². The fraction of sp³-hybridized carbons (Fsp3) is 0.897. The third-order valence-corrected chi connectivity index (χ3v) is 15.2. The first-order valence-corrected chi connectivity index (χ1v) is 33.3. The molecule has 0 bridgehead atoms. The zero-order valence-electron chi connectivity index (χ0n) is 50.1. The van der Waals surface area contributed by atoms with Crippen LogP contribution in [0.25, 0.3) is 0 Å². The van der Waals surface area contributed by atoms with Gasteiger partial charge in [0.05, 0.1) is 0 Å². The van der Waals surface area contributed by atoms with Gasteiger partial charge in [0.2, 0.25) is 0 Å². The van der Waals surface area contributed by atoms with Crippen LogP contribution in [-0.2, 0) is 28.6 Å². The van der Waals surface area contributed by atoms with Crippen molar-refractivity contribution in [2.45, 2.75) is 380 Å². The molecule has 0 spiro atoms. The lowest BCUT2D eigenvalue weighted by Crippen LogP contribution is -2.30. The van der Waals surface area contributed by atoms with Gasteiger partial charge < -0.3 is 14.2 Å². The minimum atomic E-state index is -0.770. The molecule has 0 aromatic rings. The lowest BCUT2D eigenvalue weighted by atomic mass is 10.0. The normalized spacial score (nSPS) is 12.1. The van der Waals surface area contributed by atoms with Crippen LogP contribution < -0.4 is 0 Å². The summed E-state index contributed by atoms with van der Waals surface area (Å²) >= 11 is 0. The molecule has 0 saturated heterocycles. The number of rotatable bonds is 62. The number of esters is 3. The van der Waals surface area contributed by atoms with Crippen molar-refractivity contribution in [1.82, 2.24) is 0 Å². The van der Waals surface area contributed by atoms with Gasteiger partial charge in [-0.15, -0.1) is 0 Å². The highest BCUT2D eigenvalue weighted by molar-refractivity contribution is 5.71. The maximum Gasteiger partial charge on any atom is 0.306 e. The average molecular weight is 1040 g/mol. The molecule has 6 nitrogen and oxygen atoms in total. The van der Waals surface area contributed by atoms with E-state index in [0.29, 0.717) is 19.3 Å². The minimum Gasteiger partial charge on any atom is -0.462 e. The summed E-state index contributed by atoms with van der Waals surface area (Å²) in [7, 11) is 0. The maximum atomic E-state index is 12.8. The highest BCUT2D eigenvalue weighted by Crippen LogP contribution is 2.18. The van der Waals surface area contributed by atoms with Crippen LogP contribution in [0.5, 0.6) is 0 Å². The van der Waals surface area contributed by atoms with Crippen molar-refractivity contribution in [3.05, 3.63) is 24.3 Å². The monoisotopic (exact) mass is 1040 g/mol. The van der Waals surface area contributed by atoms with Crippen LogP contribution >= 0.6 is 0 Å². The van der Waals surface area contributed by atoms with Gasteiger partial charge in [-0.3, -0.25) is 14.4 Å². The number of hydrogen-bond donors (Lipinski definition) is 0. The minimum absolute atomic E-state index is 0.0696. The Labute approximate surface area is 462 Å². The lowest BCUT2D eigenvalue weighted by Gasteiger charge is -2.18. The van der Waals surface area contributed by atoms with Crippen LogP contribution in [0.3, 0.4) is 0 Å². The van der Waals surface area contributed by atoms with Crippen LogP contribution in [0, 0.1) is 0 Å². The number of unbranched alkanes of at least 4 members (excludes halogenated alkanes) is 47. The van der Waals surface area contributed by atoms with Gasteiger partial charge in [-0.25, -0.2) is 0 Å². The first-order valence-electron chi connectivity index (χ1n) is 33.3. The molecule has 0 rings (SSSR count). The second-order valence-electron chi connectivity index (χ2n) is 22.7. The first-order chi connectivity index (χ1) is 36.5. The third-order valence-electron chi connectivity index (χ3n) is 15.2. The smallest absolute Gasteiger partial charge is 0.306 e. The van der Waals surface area contributed by atoms with E-state index in [0.717, 1.165) is 70.6 Å². The topological polar surface area (TPSA) is 78.9 Å². The van der Waals surface area contributed by atoms with E-state index in [9.17, 15) is 14.4 Å². The standard InChI is InChI=1S/C68H128O6/c1-4-7-10-13-16-18-20-22-24-26-27-28-29-30-31-32-33-34-35-36-37-38-39-40-42-43-45-47-49-52-55-58-61-67(70)73-64-65(63-72-66(69)60-57-54-51-15-12-9-6-3)74-68(71)62-59-56-53-50-48-46-44-41-25-23-21-19-17-14-11-8-5-2/h17,19,23,25,65H,4-16,18,20-22,24,26-64H2,1-3H3/b19-17-,25-23-. The largest absolute Gasteiger partial charge is 0.462 e. The third kappa shape index (κ3) is 60.8. The Balaban J connectivity index is 3.96. The van der Waals surface area contributed by atoms with E-state index in [1.807, 2.05) is 0 Å². The average Bonchev–Trinajstić information content (AvgIpc) is 3.40. The van der Waals surface area contributed by atoms with E-state index in [1.165, 1.54) is 263 Å². The highest BCUT2D eigenvalue weighted by atomic mass is 16.6. The van der Waals surface area contributed by atoms with Crippen LogP contribution in [0.4, 0.5) is 0 Å². The van der Waals surface area contributed by atoms with E-state index in [2.05, 4.69) is 45.1 Å². The van der Waals surface area contributed by atoms with E-state index < -0.39 is 6.10 Å². The summed E-state index contributed by atoms with van der Waals surface area (Å²) < 4.78 is 16.8. The molecule has 74 heavy (non-hydrogen) atoms. The molecule has 6 heteroatoms. The Kier molecular flexibility index (Phi) is 61.6. The fourth-order valence-corrected chi connectivity index (χ4v) is 10.2. The fourth-order valence-electron chi connectivity index (χ4n) is 10.2. The Bertz CT molecular complexity index is 1190. The highest BCUT2D eigenvalue weighted by Gasteiger charge is 2.19. The number of hydrogen-bond acceptors (Lipinski definition) is 6. The van der Waals surface area contributed by atoms with Crippen molar-refractivity contribution in [3.8, 4) is 0 Å². The quantitative estimate of drug-likeness (QED) is 0.0261. The predicted molar refractivity (Wildman–Crippen MR) is 321 cm³/mol. The van der Waals surface area contributed by atoms with Gasteiger partial charge in [0.25, 0.3) is 0 Å². The van der Waals surface area contributed by atoms with Gasteiger partial charge in [-0.2, -0.15) is 0 Å². The molecule has 0 heterocycles. The molecule has 0 saturated carbocycles. The molecule has 0 radical (unpaired) electrons. The molecule has 0 aliphatic heterocycles. The summed E-state index contributed by atoms with van der Waals surface area (Å²) in [6.07, 6.45) is 76.7. The Morgan fingerprint density at radius 1 is 0.270 bits per heavy atom. The molecule has 1 atom stereocenters. The van der Waals surface area contributed by atoms with Gasteiger partial charge in [-0.05, 0) is 51.4 Å². The zero-order chi connectivity index (χ0) is 53.6. The van der Waals surface area contributed by atoms with Gasteiger partial charge in [0, 0.05) is 19.3 Å². The van der Waals surface area contributed by atoms with Crippen LogP contribution in [0.2, 0.25) is 0 Å². The van der Waals surface area contributed by atoms with E-state index in [4.69, 9.17) is 14.2 Å². The molecule has 436 valence electrons. The van der Waals surface area contributed by atoms with Gasteiger partial charge in [-0.1, -0.05) is 328 Å². The zero-order valence-corrected chi connectivity index (χ0v) is 50.1. The molecule has 0 aromatic heterocycles. The number of carbonyl (C=O) groups is 3. The van der Waals surface area contributed by atoms with Crippen molar-refractivity contribution in [2.24, 2.45) is 0 Å². The summed E-state index contributed by atoms with van der Waals surface area (Å²) in [5, 5.41) is 0. The second kappa shape index (κ2) is 63.4. The number of ether oxygens (including phenoxy) is 3. The van der Waals surface area contributed by atoms with Crippen molar-refractivity contribution in [3.63, 3.8) is 0 Å². The van der Waals surface area contributed by atoms with E-state index in [1.54, 1.807) is 0 Å². The van der Waals surface area contributed by atoms with Gasteiger partial charge in [0.1, 0.15) is 13.2 Å². The number of carbonyl (C=O) groups excluding carboxylic acids is 3. The predicted octanol–water partition coefficient (Wildman–Crippen LogP) is 22.6. The first kappa shape index (κ1) is 71.9.